The van der Waals surface area contributed by atoms with E-state index in [4.69, 9.17) is 16.3 Å². The topological polar surface area (TPSA) is 65.4 Å². The first-order valence-corrected chi connectivity index (χ1v) is 9.86. The predicted molar refractivity (Wildman–Crippen MR) is 109 cm³/mol. The third-order valence-electron chi connectivity index (χ3n) is 3.80. The Morgan fingerprint density at radius 1 is 1.35 bits per heavy atom. The molecule has 1 fully saturated rings. The van der Waals surface area contributed by atoms with Crippen LogP contribution in [0.1, 0.15) is 4.88 Å². The zero-order valence-corrected chi connectivity index (χ0v) is 16.8. The lowest BCUT2D eigenvalue weighted by atomic mass is 10.2. The molecule has 0 unspecified atom stereocenters. The van der Waals surface area contributed by atoms with Crippen molar-refractivity contribution in [2.75, 3.05) is 36.5 Å². The molecule has 2 heterocycles. The van der Waals surface area contributed by atoms with E-state index in [1.807, 2.05) is 24.3 Å². The third-order valence-corrected chi connectivity index (χ3v) is 5.61. The molecule has 1 aromatic carbocycles. The standard InChI is InChI=1S/C18H15BrClN3O2S/c19-17-4-2-14(26-17)9-12(11-21)18(24)22-15-10-13(20)1-3-16(15)23-5-7-25-8-6-23/h1-4,9-10H,5-8H2,(H,22,24)/b12-9+. The highest BCUT2D eigenvalue weighted by molar-refractivity contribution is 9.11. The average Bonchev–Trinajstić information content (AvgIpc) is 3.05. The fraction of sp³-hybridized carbons (Fsp3) is 0.222. The first-order chi connectivity index (χ1) is 12.6. The molecule has 0 aliphatic carbocycles. The zero-order valence-electron chi connectivity index (χ0n) is 13.7. The minimum atomic E-state index is -0.464. The van der Waals surface area contributed by atoms with Crippen LogP contribution in [-0.4, -0.2) is 32.2 Å². The Labute approximate surface area is 169 Å². The Hall–Kier alpha value is -1.85. The van der Waals surface area contributed by atoms with Crippen molar-refractivity contribution in [3.63, 3.8) is 0 Å². The van der Waals surface area contributed by atoms with Gasteiger partial charge in [-0.15, -0.1) is 11.3 Å². The maximum atomic E-state index is 12.6. The van der Waals surface area contributed by atoms with Crippen molar-refractivity contribution in [1.29, 1.82) is 5.26 Å². The molecule has 1 aliphatic heterocycles. The van der Waals surface area contributed by atoms with Crippen LogP contribution in [-0.2, 0) is 9.53 Å². The van der Waals surface area contributed by atoms with Gasteiger partial charge in [-0.05, 0) is 52.3 Å². The smallest absolute Gasteiger partial charge is 0.266 e. The number of thiophene rings is 1. The van der Waals surface area contributed by atoms with E-state index in [0.29, 0.717) is 23.9 Å². The molecule has 1 aromatic heterocycles. The number of carbonyl (C=O) groups excluding carboxylic acids is 1. The van der Waals surface area contributed by atoms with Gasteiger partial charge in [-0.3, -0.25) is 4.79 Å². The van der Waals surface area contributed by atoms with Crippen molar-refractivity contribution in [3.8, 4) is 6.07 Å². The minimum Gasteiger partial charge on any atom is -0.378 e. The number of anilines is 2. The van der Waals surface area contributed by atoms with Gasteiger partial charge in [-0.1, -0.05) is 11.6 Å². The maximum absolute atomic E-state index is 12.6. The fourth-order valence-corrected chi connectivity index (χ4v) is 4.11. The number of benzene rings is 1. The molecule has 134 valence electrons. The number of rotatable bonds is 4. The number of hydrogen-bond donors (Lipinski definition) is 1. The summed E-state index contributed by atoms with van der Waals surface area (Å²) in [4.78, 5) is 15.6. The second-order valence-corrected chi connectivity index (χ2v) is 8.46. The normalized spacial score (nSPS) is 14.8. The largest absolute Gasteiger partial charge is 0.378 e. The molecule has 0 saturated carbocycles. The van der Waals surface area contributed by atoms with E-state index in [2.05, 4.69) is 26.1 Å². The van der Waals surface area contributed by atoms with Crippen LogP contribution < -0.4 is 10.2 Å². The first kappa shape index (κ1) is 18.9. The SMILES string of the molecule is N#C/C(=C\c1ccc(Br)s1)C(=O)Nc1cc(Cl)ccc1N1CCOCC1. The summed E-state index contributed by atoms with van der Waals surface area (Å²) in [6, 6.07) is 11.0. The van der Waals surface area contributed by atoms with E-state index in [0.717, 1.165) is 27.4 Å². The summed E-state index contributed by atoms with van der Waals surface area (Å²) in [6.07, 6.45) is 1.57. The van der Waals surface area contributed by atoms with Gasteiger partial charge in [0.25, 0.3) is 5.91 Å². The van der Waals surface area contributed by atoms with E-state index in [1.54, 1.807) is 18.2 Å². The Bertz CT molecular complexity index is 885. The van der Waals surface area contributed by atoms with Crippen molar-refractivity contribution in [1.82, 2.24) is 0 Å². The lowest BCUT2D eigenvalue weighted by Crippen LogP contribution is -2.36. The number of morpholine rings is 1. The number of amides is 1. The second-order valence-electron chi connectivity index (χ2n) is 5.53. The van der Waals surface area contributed by atoms with Gasteiger partial charge in [-0.2, -0.15) is 5.26 Å². The Morgan fingerprint density at radius 3 is 2.77 bits per heavy atom. The molecule has 1 N–H and O–H groups in total. The van der Waals surface area contributed by atoms with Gasteiger partial charge in [0.05, 0.1) is 28.4 Å². The predicted octanol–water partition coefficient (Wildman–Crippen LogP) is 4.55. The number of halogens is 2. The minimum absolute atomic E-state index is 0.0345. The molecule has 2 aromatic rings. The maximum Gasteiger partial charge on any atom is 0.266 e. The molecule has 1 saturated heterocycles. The number of nitrogens with zero attached hydrogens (tertiary/aromatic N) is 2. The van der Waals surface area contributed by atoms with Crippen LogP contribution in [0.4, 0.5) is 11.4 Å². The van der Waals surface area contributed by atoms with E-state index in [-0.39, 0.29) is 5.57 Å². The van der Waals surface area contributed by atoms with Gasteiger partial charge in [-0.25, -0.2) is 0 Å². The molecule has 1 aliphatic rings. The molecule has 3 rings (SSSR count). The number of ether oxygens (including phenoxy) is 1. The quantitative estimate of drug-likeness (QED) is 0.546. The Kier molecular flexibility index (Phi) is 6.33. The van der Waals surface area contributed by atoms with E-state index >= 15 is 0 Å². The van der Waals surface area contributed by atoms with Gasteiger partial charge >= 0.3 is 0 Å². The Morgan fingerprint density at radius 2 is 2.12 bits per heavy atom. The summed E-state index contributed by atoms with van der Waals surface area (Å²) in [5.74, 6) is -0.464. The molecule has 0 spiro atoms. The van der Waals surface area contributed by atoms with E-state index in [1.165, 1.54) is 11.3 Å². The highest BCUT2D eigenvalue weighted by Crippen LogP contribution is 2.30. The fourth-order valence-electron chi connectivity index (χ4n) is 2.57. The van der Waals surface area contributed by atoms with Crippen LogP contribution in [0.2, 0.25) is 5.02 Å². The molecular formula is C18H15BrClN3O2S. The monoisotopic (exact) mass is 451 g/mol. The summed E-state index contributed by atoms with van der Waals surface area (Å²) in [5, 5.41) is 12.7. The molecule has 26 heavy (non-hydrogen) atoms. The number of carbonyl (C=O) groups is 1. The lowest BCUT2D eigenvalue weighted by molar-refractivity contribution is -0.112. The van der Waals surface area contributed by atoms with Gasteiger partial charge in [0.1, 0.15) is 11.6 Å². The van der Waals surface area contributed by atoms with Crippen LogP contribution in [0.15, 0.2) is 39.7 Å². The lowest BCUT2D eigenvalue weighted by Gasteiger charge is -2.30. The average molecular weight is 453 g/mol. The molecular weight excluding hydrogens is 438 g/mol. The molecule has 0 radical (unpaired) electrons. The third kappa shape index (κ3) is 4.65. The molecule has 5 nitrogen and oxygen atoms in total. The zero-order chi connectivity index (χ0) is 18.5. The van der Waals surface area contributed by atoms with Crippen LogP contribution in [0.3, 0.4) is 0 Å². The van der Waals surface area contributed by atoms with E-state index < -0.39 is 5.91 Å². The summed E-state index contributed by atoms with van der Waals surface area (Å²) < 4.78 is 6.32. The van der Waals surface area contributed by atoms with Crippen LogP contribution >= 0.6 is 38.9 Å². The summed E-state index contributed by atoms with van der Waals surface area (Å²) in [5.41, 5.74) is 1.48. The number of nitriles is 1. The van der Waals surface area contributed by atoms with Crippen LogP contribution in [0.25, 0.3) is 6.08 Å². The van der Waals surface area contributed by atoms with E-state index in [9.17, 15) is 10.1 Å². The van der Waals surface area contributed by atoms with Crippen LogP contribution in [0, 0.1) is 11.3 Å². The van der Waals surface area contributed by atoms with Crippen molar-refractivity contribution < 1.29 is 9.53 Å². The molecule has 0 bridgehead atoms. The van der Waals surface area contributed by atoms with Crippen molar-refractivity contribution in [2.24, 2.45) is 0 Å². The molecule has 8 heteroatoms. The van der Waals surface area contributed by atoms with Crippen molar-refractivity contribution >= 4 is 62.2 Å². The van der Waals surface area contributed by atoms with Crippen LogP contribution in [0.5, 0.6) is 0 Å². The van der Waals surface area contributed by atoms with Crippen molar-refractivity contribution in [2.45, 2.75) is 0 Å². The number of hydrogen-bond acceptors (Lipinski definition) is 5. The van der Waals surface area contributed by atoms with Gasteiger partial charge in [0, 0.05) is 23.0 Å². The second kappa shape index (κ2) is 8.69. The highest BCUT2D eigenvalue weighted by Gasteiger charge is 2.18. The Balaban J connectivity index is 1.85. The summed E-state index contributed by atoms with van der Waals surface area (Å²) in [6.45, 7) is 2.72. The number of nitrogens with one attached hydrogen (secondary N) is 1. The molecule has 1 amide bonds. The van der Waals surface area contributed by atoms with Gasteiger partial charge in [0.2, 0.25) is 0 Å². The summed E-state index contributed by atoms with van der Waals surface area (Å²) in [7, 11) is 0. The van der Waals surface area contributed by atoms with Crippen molar-refractivity contribution in [3.05, 3.63) is 49.6 Å². The first-order valence-electron chi connectivity index (χ1n) is 7.87. The van der Waals surface area contributed by atoms with Gasteiger partial charge in [0.15, 0.2) is 0 Å². The summed E-state index contributed by atoms with van der Waals surface area (Å²) >= 11 is 10.9. The molecule has 0 atom stereocenters. The highest BCUT2D eigenvalue weighted by atomic mass is 79.9. The van der Waals surface area contributed by atoms with Gasteiger partial charge < -0.3 is 15.0 Å².